The highest BCUT2D eigenvalue weighted by Gasteiger charge is 2.29. The molecular weight excluding hydrogens is 452 g/mol. The van der Waals surface area contributed by atoms with E-state index in [4.69, 9.17) is 16.3 Å². The predicted octanol–water partition coefficient (Wildman–Crippen LogP) is 3.92. The van der Waals surface area contributed by atoms with Crippen LogP contribution in [-0.2, 0) is 22.6 Å². The molecule has 3 aromatic rings. The van der Waals surface area contributed by atoms with Crippen molar-refractivity contribution in [3.63, 3.8) is 0 Å². The summed E-state index contributed by atoms with van der Waals surface area (Å²) in [6, 6.07) is 22.1. The van der Waals surface area contributed by atoms with E-state index >= 15 is 0 Å². The van der Waals surface area contributed by atoms with Crippen molar-refractivity contribution in [2.45, 2.75) is 19.1 Å². The van der Waals surface area contributed by atoms with Gasteiger partial charge in [0, 0.05) is 38.8 Å². The second-order valence-electron chi connectivity index (χ2n) is 8.10. The molecule has 0 saturated carbocycles. The summed E-state index contributed by atoms with van der Waals surface area (Å²) in [4.78, 5) is 34.2. The molecule has 1 N–H and O–H groups in total. The number of pyridine rings is 1. The maximum absolute atomic E-state index is 13.4. The number of alkyl carbamates (subject to hydrolysis) is 1. The number of aromatic nitrogens is 1. The molecule has 0 aliphatic carbocycles. The molecule has 1 atom stereocenters. The van der Waals surface area contributed by atoms with Gasteiger partial charge in [-0.1, -0.05) is 72.3 Å². The van der Waals surface area contributed by atoms with Crippen LogP contribution in [0.2, 0.25) is 5.02 Å². The summed E-state index contributed by atoms with van der Waals surface area (Å²) in [5.41, 5.74) is 1.85. The van der Waals surface area contributed by atoms with Crippen molar-refractivity contribution >= 4 is 29.4 Å². The average Bonchev–Trinajstić information content (AvgIpc) is 2.88. The van der Waals surface area contributed by atoms with E-state index in [1.807, 2.05) is 72.8 Å². The lowest BCUT2D eigenvalue weighted by Gasteiger charge is -2.37. The van der Waals surface area contributed by atoms with Gasteiger partial charge in [-0.2, -0.15) is 0 Å². The summed E-state index contributed by atoms with van der Waals surface area (Å²) in [6.45, 7) is 2.52. The van der Waals surface area contributed by atoms with Crippen LogP contribution in [0.15, 0.2) is 79.0 Å². The van der Waals surface area contributed by atoms with E-state index in [-0.39, 0.29) is 12.5 Å². The maximum atomic E-state index is 13.4. The van der Waals surface area contributed by atoms with Crippen LogP contribution in [0.25, 0.3) is 0 Å². The zero-order chi connectivity index (χ0) is 23.8. The lowest BCUT2D eigenvalue weighted by atomic mass is 10.0. The zero-order valence-electron chi connectivity index (χ0n) is 18.8. The number of amides is 2. The third-order valence-corrected chi connectivity index (χ3v) is 5.94. The Morgan fingerprint density at radius 3 is 2.18 bits per heavy atom. The highest BCUT2D eigenvalue weighted by Crippen LogP contribution is 2.17. The largest absolute Gasteiger partial charge is 0.445 e. The average molecular weight is 479 g/mol. The highest BCUT2D eigenvalue weighted by molar-refractivity contribution is 6.30. The zero-order valence-corrected chi connectivity index (χ0v) is 19.5. The van der Waals surface area contributed by atoms with Crippen molar-refractivity contribution < 1.29 is 14.3 Å². The van der Waals surface area contributed by atoms with Crippen molar-refractivity contribution in [2.24, 2.45) is 0 Å². The van der Waals surface area contributed by atoms with Gasteiger partial charge in [0.25, 0.3) is 0 Å². The van der Waals surface area contributed by atoms with Crippen LogP contribution in [0, 0.1) is 0 Å². The minimum absolute atomic E-state index is 0.121. The summed E-state index contributed by atoms with van der Waals surface area (Å²) in [6.07, 6.45) is 1.40. The van der Waals surface area contributed by atoms with Crippen molar-refractivity contribution in [3.8, 4) is 0 Å². The van der Waals surface area contributed by atoms with Gasteiger partial charge in [-0.25, -0.2) is 9.78 Å². The van der Waals surface area contributed by atoms with E-state index in [1.165, 1.54) is 0 Å². The van der Waals surface area contributed by atoms with E-state index < -0.39 is 12.1 Å². The first-order valence-electron chi connectivity index (χ1n) is 11.2. The van der Waals surface area contributed by atoms with Gasteiger partial charge in [-0.3, -0.25) is 4.79 Å². The van der Waals surface area contributed by atoms with E-state index in [2.05, 4.69) is 15.2 Å². The number of hydrogen-bond donors (Lipinski definition) is 1. The molecule has 0 spiro atoms. The molecule has 176 valence electrons. The van der Waals surface area contributed by atoms with Crippen molar-refractivity contribution in [1.29, 1.82) is 0 Å². The molecule has 1 aliphatic heterocycles. The molecule has 34 heavy (non-hydrogen) atoms. The number of rotatable bonds is 7. The Kier molecular flexibility index (Phi) is 7.99. The summed E-state index contributed by atoms with van der Waals surface area (Å²) < 4.78 is 5.37. The number of hydrogen-bond acceptors (Lipinski definition) is 5. The normalized spacial score (nSPS) is 14.4. The Hall–Kier alpha value is -3.58. The molecule has 1 aromatic heterocycles. The number of carbonyl (C=O) groups is 2. The Morgan fingerprint density at radius 2 is 1.56 bits per heavy atom. The third kappa shape index (κ3) is 6.48. The summed E-state index contributed by atoms with van der Waals surface area (Å²) in [7, 11) is 0. The fraction of sp³-hybridized carbons (Fsp3) is 0.269. The molecular formula is C26H27ClN4O3. The molecule has 0 unspecified atom stereocenters. The third-order valence-electron chi connectivity index (χ3n) is 5.71. The number of halogens is 1. The second kappa shape index (κ2) is 11.5. The fourth-order valence-electron chi connectivity index (χ4n) is 3.89. The lowest BCUT2D eigenvalue weighted by Crippen LogP contribution is -2.55. The Balaban J connectivity index is 1.38. The summed E-state index contributed by atoms with van der Waals surface area (Å²) in [5.74, 6) is 0.712. The first kappa shape index (κ1) is 23.6. The number of carbonyl (C=O) groups excluding carboxylic acids is 2. The number of piperazine rings is 1. The minimum atomic E-state index is -0.717. The van der Waals surface area contributed by atoms with Gasteiger partial charge in [-0.15, -0.1) is 0 Å². The molecule has 7 nitrogen and oxygen atoms in total. The molecule has 4 rings (SSSR count). The van der Waals surface area contributed by atoms with Gasteiger partial charge in [-0.05, 0) is 23.3 Å². The van der Waals surface area contributed by atoms with Crippen LogP contribution < -0.4 is 10.2 Å². The van der Waals surface area contributed by atoms with E-state index in [0.29, 0.717) is 37.6 Å². The molecule has 1 aliphatic rings. The Labute approximate surface area is 204 Å². The highest BCUT2D eigenvalue weighted by atomic mass is 35.5. The van der Waals surface area contributed by atoms with Crippen LogP contribution in [0.5, 0.6) is 0 Å². The standard InChI is InChI=1S/C26H27ClN4O3/c27-22-11-12-24(28-18-22)30-13-15-31(16-14-30)25(32)23(17-20-7-3-1-4-8-20)29-26(33)34-19-21-9-5-2-6-10-21/h1-12,18,23H,13-17,19H2,(H,29,33)/t23-/m0/s1. The summed E-state index contributed by atoms with van der Waals surface area (Å²) in [5, 5.41) is 3.38. The van der Waals surface area contributed by atoms with E-state index in [0.717, 1.165) is 16.9 Å². The van der Waals surface area contributed by atoms with Gasteiger partial charge in [0.2, 0.25) is 5.91 Å². The molecule has 2 heterocycles. The van der Waals surface area contributed by atoms with E-state index in [9.17, 15) is 9.59 Å². The molecule has 2 aromatic carbocycles. The van der Waals surface area contributed by atoms with Crippen LogP contribution in [0.1, 0.15) is 11.1 Å². The quantitative estimate of drug-likeness (QED) is 0.557. The van der Waals surface area contributed by atoms with Gasteiger partial charge in [0.15, 0.2) is 0 Å². The molecule has 1 fully saturated rings. The maximum Gasteiger partial charge on any atom is 0.408 e. The SMILES string of the molecule is O=C(N[C@@H](Cc1ccccc1)C(=O)N1CCN(c2ccc(Cl)cn2)CC1)OCc1ccccc1. The van der Waals surface area contributed by atoms with Crippen molar-refractivity contribution in [2.75, 3.05) is 31.1 Å². The van der Waals surface area contributed by atoms with Crippen LogP contribution in [0.3, 0.4) is 0 Å². The molecule has 8 heteroatoms. The molecule has 0 bridgehead atoms. The first-order chi connectivity index (χ1) is 16.6. The molecule has 2 amide bonds. The number of benzene rings is 2. The van der Waals surface area contributed by atoms with Gasteiger partial charge in [0.05, 0.1) is 5.02 Å². The number of ether oxygens (including phenoxy) is 1. The van der Waals surface area contributed by atoms with Gasteiger partial charge >= 0.3 is 6.09 Å². The number of nitrogens with zero attached hydrogens (tertiary/aromatic N) is 3. The number of nitrogens with one attached hydrogen (secondary N) is 1. The second-order valence-corrected chi connectivity index (χ2v) is 8.53. The lowest BCUT2D eigenvalue weighted by molar-refractivity contribution is -0.133. The van der Waals surface area contributed by atoms with E-state index in [1.54, 1.807) is 11.1 Å². The Morgan fingerprint density at radius 1 is 0.912 bits per heavy atom. The number of anilines is 1. The topological polar surface area (TPSA) is 74.8 Å². The fourth-order valence-corrected chi connectivity index (χ4v) is 4.00. The van der Waals surface area contributed by atoms with Crippen LogP contribution in [-0.4, -0.2) is 54.1 Å². The van der Waals surface area contributed by atoms with Gasteiger partial charge in [0.1, 0.15) is 18.5 Å². The smallest absolute Gasteiger partial charge is 0.408 e. The van der Waals surface area contributed by atoms with Gasteiger partial charge < -0.3 is 19.9 Å². The summed E-state index contributed by atoms with van der Waals surface area (Å²) >= 11 is 5.94. The van der Waals surface area contributed by atoms with Crippen molar-refractivity contribution in [3.05, 3.63) is 95.1 Å². The van der Waals surface area contributed by atoms with Crippen LogP contribution in [0.4, 0.5) is 10.6 Å². The van der Waals surface area contributed by atoms with Crippen LogP contribution >= 0.6 is 11.6 Å². The molecule has 1 saturated heterocycles. The molecule has 0 radical (unpaired) electrons. The first-order valence-corrected chi connectivity index (χ1v) is 11.6. The van der Waals surface area contributed by atoms with Crippen molar-refractivity contribution in [1.82, 2.24) is 15.2 Å². The predicted molar refractivity (Wildman–Crippen MR) is 132 cm³/mol. The Bertz CT molecular complexity index is 1070. The minimum Gasteiger partial charge on any atom is -0.445 e. The monoisotopic (exact) mass is 478 g/mol.